The maximum atomic E-state index is 12.2. The normalized spacial score (nSPS) is 15.9. The van der Waals surface area contributed by atoms with Crippen molar-refractivity contribution in [3.8, 4) is 0 Å². The van der Waals surface area contributed by atoms with Gasteiger partial charge in [0.15, 0.2) is 0 Å². The minimum atomic E-state index is -0.125. The smallest absolute Gasteiger partial charge is 0.253 e. The third-order valence-electron chi connectivity index (χ3n) is 3.22. The molecule has 0 aromatic carbocycles. The van der Waals surface area contributed by atoms with Crippen LogP contribution in [0.2, 0.25) is 5.02 Å². The average Bonchev–Trinajstić information content (AvgIpc) is 3.15. The Morgan fingerprint density at radius 3 is 2.95 bits per heavy atom. The van der Waals surface area contributed by atoms with Crippen molar-refractivity contribution in [3.05, 3.63) is 22.8 Å². The summed E-state index contributed by atoms with van der Waals surface area (Å²) in [4.78, 5) is 16.3. The van der Waals surface area contributed by atoms with Crippen LogP contribution in [-0.2, 0) is 0 Å². The number of carbonyl (C=O) groups is 1. The van der Waals surface area contributed by atoms with Gasteiger partial charge in [0.25, 0.3) is 5.91 Å². The Morgan fingerprint density at radius 2 is 2.32 bits per heavy atom. The van der Waals surface area contributed by atoms with Crippen molar-refractivity contribution in [1.29, 1.82) is 0 Å². The van der Waals surface area contributed by atoms with E-state index in [9.17, 15) is 4.79 Å². The van der Waals surface area contributed by atoms with Gasteiger partial charge in [0.2, 0.25) is 0 Å². The van der Waals surface area contributed by atoms with Crippen LogP contribution < -0.4 is 10.6 Å². The molecule has 4 nitrogen and oxygen atoms in total. The highest BCUT2D eigenvalue weighted by Crippen LogP contribution is 2.33. The topological polar surface area (TPSA) is 54.0 Å². The van der Waals surface area contributed by atoms with E-state index in [-0.39, 0.29) is 11.9 Å². The third kappa shape index (κ3) is 4.10. The van der Waals surface area contributed by atoms with Crippen molar-refractivity contribution in [1.82, 2.24) is 10.3 Å². The highest BCUT2D eigenvalue weighted by Gasteiger charge is 2.24. The van der Waals surface area contributed by atoms with Crippen molar-refractivity contribution in [2.75, 3.05) is 11.9 Å². The Balaban J connectivity index is 2.01. The van der Waals surface area contributed by atoms with Gasteiger partial charge in [-0.2, -0.15) is 0 Å². The first kappa shape index (κ1) is 14.1. The Labute approximate surface area is 118 Å². The van der Waals surface area contributed by atoms with Crippen molar-refractivity contribution >= 4 is 23.3 Å². The molecule has 19 heavy (non-hydrogen) atoms. The molecule has 5 heteroatoms. The van der Waals surface area contributed by atoms with Crippen LogP contribution in [0.25, 0.3) is 0 Å². The quantitative estimate of drug-likeness (QED) is 0.842. The summed E-state index contributed by atoms with van der Waals surface area (Å²) >= 11 is 6.04. The Bertz CT molecular complexity index is 460. The van der Waals surface area contributed by atoms with Gasteiger partial charge in [-0.15, -0.1) is 0 Å². The first-order valence-corrected chi connectivity index (χ1v) is 7.18. The second-order valence-electron chi connectivity index (χ2n) is 5.13. The summed E-state index contributed by atoms with van der Waals surface area (Å²) in [6, 6.07) is 1.89. The fourth-order valence-corrected chi connectivity index (χ4v) is 2.29. The highest BCUT2D eigenvalue weighted by molar-refractivity contribution is 6.33. The lowest BCUT2D eigenvalue weighted by Crippen LogP contribution is -2.33. The summed E-state index contributed by atoms with van der Waals surface area (Å²) in [5.41, 5.74) is 0.482. The Hall–Kier alpha value is -1.29. The predicted molar refractivity (Wildman–Crippen MR) is 77.7 cm³/mol. The van der Waals surface area contributed by atoms with E-state index in [4.69, 9.17) is 11.6 Å². The molecular formula is C14H20ClN3O. The molecule has 2 rings (SSSR count). The number of aromatic nitrogens is 1. The van der Waals surface area contributed by atoms with E-state index in [0.29, 0.717) is 16.4 Å². The summed E-state index contributed by atoms with van der Waals surface area (Å²) in [6.45, 7) is 4.78. The summed E-state index contributed by atoms with van der Waals surface area (Å²) in [5.74, 6) is 1.34. The van der Waals surface area contributed by atoms with Gasteiger partial charge in [0.05, 0.1) is 10.6 Å². The summed E-state index contributed by atoms with van der Waals surface area (Å²) < 4.78 is 0. The van der Waals surface area contributed by atoms with Crippen molar-refractivity contribution in [2.24, 2.45) is 5.92 Å². The number of nitrogens with one attached hydrogen (secondary N) is 2. The first-order chi connectivity index (χ1) is 9.10. The lowest BCUT2D eigenvalue weighted by molar-refractivity contribution is 0.0937. The summed E-state index contributed by atoms with van der Waals surface area (Å²) in [5, 5.41) is 6.46. The van der Waals surface area contributed by atoms with E-state index >= 15 is 0 Å². The zero-order chi connectivity index (χ0) is 13.8. The number of rotatable bonds is 6. The van der Waals surface area contributed by atoms with E-state index in [1.807, 2.05) is 13.8 Å². The lowest BCUT2D eigenvalue weighted by atomic mass is 10.1. The van der Waals surface area contributed by atoms with E-state index in [1.54, 1.807) is 6.07 Å². The molecule has 1 saturated carbocycles. The number of hydrogen-bond acceptors (Lipinski definition) is 3. The maximum Gasteiger partial charge on any atom is 0.253 e. The van der Waals surface area contributed by atoms with Gasteiger partial charge in [-0.25, -0.2) is 4.98 Å². The van der Waals surface area contributed by atoms with Crippen LogP contribution in [0, 0.1) is 5.92 Å². The molecule has 0 bridgehead atoms. The van der Waals surface area contributed by atoms with Gasteiger partial charge in [-0.05, 0) is 32.3 Å². The van der Waals surface area contributed by atoms with Gasteiger partial charge in [0.1, 0.15) is 5.82 Å². The van der Waals surface area contributed by atoms with E-state index in [0.717, 1.165) is 18.9 Å². The number of halogens is 1. The second-order valence-corrected chi connectivity index (χ2v) is 5.54. The number of pyridine rings is 1. The molecule has 1 aliphatic rings. The molecule has 1 heterocycles. The molecule has 2 N–H and O–H groups in total. The molecule has 0 aliphatic heterocycles. The molecule has 1 aromatic heterocycles. The minimum Gasteiger partial charge on any atom is -0.370 e. The standard InChI is InChI=1S/C14H20ClN3O/c1-3-16-13-7-11(12(15)8-17-13)14(19)18-9(2)6-10-4-5-10/h7-10H,3-6H2,1-2H3,(H,16,17)(H,18,19). The van der Waals surface area contributed by atoms with Gasteiger partial charge in [0, 0.05) is 18.8 Å². The molecule has 1 unspecified atom stereocenters. The third-order valence-corrected chi connectivity index (χ3v) is 3.52. The van der Waals surface area contributed by atoms with Crippen LogP contribution >= 0.6 is 11.6 Å². The van der Waals surface area contributed by atoms with Gasteiger partial charge < -0.3 is 10.6 Å². The fraction of sp³-hybridized carbons (Fsp3) is 0.571. The molecule has 0 saturated heterocycles. The second kappa shape index (κ2) is 6.24. The van der Waals surface area contributed by atoms with Crippen molar-refractivity contribution in [3.63, 3.8) is 0 Å². The molecule has 1 amide bonds. The Morgan fingerprint density at radius 1 is 1.58 bits per heavy atom. The average molecular weight is 282 g/mol. The van der Waals surface area contributed by atoms with Gasteiger partial charge in [-0.1, -0.05) is 24.4 Å². The minimum absolute atomic E-state index is 0.125. The molecule has 1 fully saturated rings. The molecule has 0 spiro atoms. The van der Waals surface area contributed by atoms with Crippen molar-refractivity contribution in [2.45, 2.75) is 39.2 Å². The number of carbonyl (C=O) groups excluding carboxylic acids is 1. The SMILES string of the molecule is CCNc1cc(C(=O)NC(C)CC2CC2)c(Cl)cn1. The fourth-order valence-electron chi connectivity index (χ4n) is 2.10. The number of amides is 1. The monoisotopic (exact) mass is 281 g/mol. The van der Waals surface area contributed by atoms with E-state index in [1.165, 1.54) is 19.0 Å². The first-order valence-electron chi connectivity index (χ1n) is 6.80. The zero-order valence-corrected chi connectivity index (χ0v) is 12.1. The highest BCUT2D eigenvalue weighted by atomic mass is 35.5. The van der Waals surface area contributed by atoms with E-state index < -0.39 is 0 Å². The zero-order valence-electron chi connectivity index (χ0n) is 11.4. The number of hydrogen-bond donors (Lipinski definition) is 2. The van der Waals surface area contributed by atoms with Crippen LogP contribution in [-0.4, -0.2) is 23.5 Å². The molecule has 1 atom stereocenters. The molecule has 104 valence electrons. The predicted octanol–water partition coefficient (Wildman–Crippen LogP) is 3.09. The number of anilines is 1. The summed E-state index contributed by atoms with van der Waals surface area (Å²) in [6.07, 6.45) is 5.15. The van der Waals surface area contributed by atoms with Crippen LogP contribution in [0.3, 0.4) is 0 Å². The molecule has 1 aromatic rings. The molecule has 0 radical (unpaired) electrons. The lowest BCUT2D eigenvalue weighted by Gasteiger charge is -2.14. The van der Waals surface area contributed by atoms with Crippen LogP contribution in [0.1, 0.15) is 43.5 Å². The van der Waals surface area contributed by atoms with Crippen LogP contribution in [0.4, 0.5) is 5.82 Å². The molecular weight excluding hydrogens is 262 g/mol. The Kier molecular flexibility index (Phi) is 4.64. The molecule has 1 aliphatic carbocycles. The van der Waals surface area contributed by atoms with Crippen molar-refractivity contribution < 1.29 is 4.79 Å². The summed E-state index contributed by atoms with van der Waals surface area (Å²) in [7, 11) is 0. The maximum absolute atomic E-state index is 12.2. The van der Waals surface area contributed by atoms with Gasteiger partial charge >= 0.3 is 0 Å². The van der Waals surface area contributed by atoms with E-state index in [2.05, 4.69) is 15.6 Å². The largest absolute Gasteiger partial charge is 0.370 e. The van der Waals surface area contributed by atoms with Crippen LogP contribution in [0.15, 0.2) is 12.3 Å². The van der Waals surface area contributed by atoms with Crippen LogP contribution in [0.5, 0.6) is 0 Å². The van der Waals surface area contributed by atoms with Gasteiger partial charge in [-0.3, -0.25) is 4.79 Å². The number of nitrogens with zero attached hydrogens (tertiary/aromatic N) is 1.